The van der Waals surface area contributed by atoms with Crippen molar-refractivity contribution in [2.45, 2.75) is 6.61 Å². The van der Waals surface area contributed by atoms with E-state index in [0.29, 0.717) is 6.61 Å². The van der Waals surface area contributed by atoms with E-state index in [1.165, 1.54) is 0 Å². The molecule has 0 bridgehead atoms. The molecule has 0 amide bonds. The number of hydrogen-bond acceptors (Lipinski definition) is 2. The Balaban J connectivity index is 1.97. The standard InChI is InChI=1S/C16H12N2O/c1-2-6-13(7-3-1)18-16-12(10-17-18)11-19-15-9-5-4-8-14(15)16/h1-10H,11H2. The smallest absolute Gasteiger partial charge is 0.129 e. The highest BCUT2D eigenvalue weighted by molar-refractivity contribution is 5.73. The molecule has 3 heteroatoms. The molecular formula is C16H12N2O. The molecule has 0 fully saturated rings. The third-order valence-corrected chi connectivity index (χ3v) is 3.37. The highest BCUT2D eigenvalue weighted by atomic mass is 16.5. The van der Waals surface area contributed by atoms with Gasteiger partial charge in [0.15, 0.2) is 0 Å². The molecule has 92 valence electrons. The minimum Gasteiger partial charge on any atom is -0.488 e. The lowest BCUT2D eigenvalue weighted by atomic mass is 10.0. The summed E-state index contributed by atoms with van der Waals surface area (Å²) in [5.74, 6) is 0.924. The van der Waals surface area contributed by atoms with E-state index < -0.39 is 0 Å². The van der Waals surface area contributed by atoms with Gasteiger partial charge in [-0.05, 0) is 24.3 Å². The summed E-state index contributed by atoms with van der Waals surface area (Å²) in [6.45, 7) is 0.583. The molecule has 0 aliphatic carbocycles. The summed E-state index contributed by atoms with van der Waals surface area (Å²) in [5.41, 5.74) is 4.43. The summed E-state index contributed by atoms with van der Waals surface area (Å²) in [7, 11) is 0. The predicted octanol–water partition coefficient (Wildman–Crippen LogP) is 3.43. The van der Waals surface area contributed by atoms with Gasteiger partial charge in [0.1, 0.15) is 12.4 Å². The van der Waals surface area contributed by atoms with Crippen molar-refractivity contribution in [1.29, 1.82) is 0 Å². The number of aromatic nitrogens is 2. The minimum absolute atomic E-state index is 0.583. The molecule has 0 N–H and O–H groups in total. The zero-order valence-corrected chi connectivity index (χ0v) is 10.3. The fourth-order valence-electron chi connectivity index (χ4n) is 2.48. The van der Waals surface area contributed by atoms with Gasteiger partial charge in [0.25, 0.3) is 0 Å². The maximum Gasteiger partial charge on any atom is 0.129 e. The van der Waals surface area contributed by atoms with E-state index in [1.807, 2.05) is 47.3 Å². The SMILES string of the molecule is c1ccc(-n2ncc3c2-c2ccccc2OC3)cc1. The van der Waals surface area contributed by atoms with Gasteiger partial charge in [0, 0.05) is 11.1 Å². The maximum atomic E-state index is 5.75. The third-order valence-electron chi connectivity index (χ3n) is 3.37. The van der Waals surface area contributed by atoms with Crippen molar-refractivity contribution in [3.05, 3.63) is 66.4 Å². The van der Waals surface area contributed by atoms with E-state index in [2.05, 4.69) is 23.3 Å². The predicted molar refractivity (Wildman–Crippen MR) is 73.3 cm³/mol. The van der Waals surface area contributed by atoms with Crippen LogP contribution in [0.5, 0.6) is 5.75 Å². The summed E-state index contributed by atoms with van der Waals surface area (Å²) in [5, 5.41) is 4.50. The van der Waals surface area contributed by atoms with Gasteiger partial charge in [-0.3, -0.25) is 0 Å². The van der Waals surface area contributed by atoms with Crippen LogP contribution >= 0.6 is 0 Å². The molecule has 0 saturated heterocycles. The molecule has 0 radical (unpaired) electrons. The van der Waals surface area contributed by atoms with Crippen LogP contribution in [0.2, 0.25) is 0 Å². The highest BCUT2D eigenvalue weighted by Crippen LogP contribution is 2.38. The van der Waals surface area contributed by atoms with E-state index in [9.17, 15) is 0 Å². The van der Waals surface area contributed by atoms with Gasteiger partial charge in [0.05, 0.1) is 17.6 Å². The van der Waals surface area contributed by atoms with Crippen LogP contribution in [-0.4, -0.2) is 9.78 Å². The molecule has 0 spiro atoms. The average Bonchev–Trinajstić information content (AvgIpc) is 2.92. The number of nitrogens with zero attached hydrogens (tertiary/aromatic N) is 2. The molecule has 2 heterocycles. The fourth-order valence-corrected chi connectivity index (χ4v) is 2.48. The van der Waals surface area contributed by atoms with Gasteiger partial charge >= 0.3 is 0 Å². The molecule has 2 aromatic carbocycles. The maximum absolute atomic E-state index is 5.75. The van der Waals surface area contributed by atoms with Crippen LogP contribution in [0, 0.1) is 0 Å². The Bertz CT molecular complexity index is 732. The number of ether oxygens (including phenoxy) is 1. The summed E-state index contributed by atoms with van der Waals surface area (Å²) in [4.78, 5) is 0. The molecule has 1 aromatic heterocycles. The molecule has 1 aliphatic rings. The van der Waals surface area contributed by atoms with Crippen LogP contribution in [0.15, 0.2) is 60.8 Å². The average molecular weight is 248 g/mol. The first-order valence-electron chi connectivity index (χ1n) is 6.28. The van der Waals surface area contributed by atoms with Crippen molar-refractivity contribution in [2.24, 2.45) is 0 Å². The molecule has 4 rings (SSSR count). The Morgan fingerprint density at radius 2 is 1.74 bits per heavy atom. The normalized spacial score (nSPS) is 12.4. The summed E-state index contributed by atoms with van der Waals surface area (Å²) in [6, 6.07) is 18.3. The second kappa shape index (κ2) is 3.99. The Hall–Kier alpha value is -2.55. The van der Waals surface area contributed by atoms with Gasteiger partial charge in [0.2, 0.25) is 0 Å². The molecule has 3 aromatic rings. The van der Waals surface area contributed by atoms with E-state index in [0.717, 1.165) is 28.3 Å². The Morgan fingerprint density at radius 3 is 2.63 bits per heavy atom. The van der Waals surface area contributed by atoms with E-state index >= 15 is 0 Å². The second-order valence-electron chi connectivity index (χ2n) is 4.55. The number of rotatable bonds is 1. The second-order valence-corrected chi connectivity index (χ2v) is 4.55. The zero-order valence-electron chi connectivity index (χ0n) is 10.3. The highest BCUT2D eigenvalue weighted by Gasteiger charge is 2.22. The van der Waals surface area contributed by atoms with Gasteiger partial charge in [-0.25, -0.2) is 4.68 Å². The van der Waals surface area contributed by atoms with Crippen molar-refractivity contribution in [1.82, 2.24) is 9.78 Å². The number of para-hydroxylation sites is 2. The molecule has 3 nitrogen and oxygen atoms in total. The topological polar surface area (TPSA) is 27.1 Å². The van der Waals surface area contributed by atoms with Crippen LogP contribution in [0.4, 0.5) is 0 Å². The molecule has 19 heavy (non-hydrogen) atoms. The quantitative estimate of drug-likeness (QED) is 0.659. The number of hydrogen-bond donors (Lipinski definition) is 0. The summed E-state index contributed by atoms with van der Waals surface area (Å²) in [6.07, 6.45) is 1.89. The van der Waals surface area contributed by atoms with Crippen molar-refractivity contribution in [3.8, 4) is 22.7 Å². The van der Waals surface area contributed by atoms with Crippen molar-refractivity contribution in [2.75, 3.05) is 0 Å². The first kappa shape index (κ1) is 10.4. The van der Waals surface area contributed by atoms with Crippen molar-refractivity contribution < 1.29 is 4.74 Å². The first-order valence-corrected chi connectivity index (χ1v) is 6.28. The van der Waals surface area contributed by atoms with Gasteiger partial charge in [-0.1, -0.05) is 30.3 Å². The number of fused-ring (bicyclic) bond motifs is 3. The summed E-state index contributed by atoms with van der Waals surface area (Å²) < 4.78 is 7.73. The lowest BCUT2D eigenvalue weighted by Crippen LogP contribution is -2.07. The monoisotopic (exact) mass is 248 g/mol. The molecule has 0 atom stereocenters. The zero-order chi connectivity index (χ0) is 12.7. The Labute approximate surface area is 111 Å². The van der Waals surface area contributed by atoms with E-state index in [4.69, 9.17) is 4.74 Å². The largest absolute Gasteiger partial charge is 0.488 e. The Morgan fingerprint density at radius 1 is 0.947 bits per heavy atom. The Kier molecular flexibility index (Phi) is 2.18. The van der Waals surface area contributed by atoms with E-state index in [-0.39, 0.29) is 0 Å². The van der Waals surface area contributed by atoms with Crippen molar-refractivity contribution in [3.63, 3.8) is 0 Å². The van der Waals surface area contributed by atoms with Crippen LogP contribution < -0.4 is 4.74 Å². The lowest BCUT2D eigenvalue weighted by molar-refractivity contribution is 0.302. The van der Waals surface area contributed by atoms with Gasteiger partial charge in [-0.2, -0.15) is 5.10 Å². The van der Waals surface area contributed by atoms with Gasteiger partial charge < -0.3 is 4.74 Å². The van der Waals surface area contributed by atoms with Gasteiger partial charge in [-0.15, -0.1) is 0 Å². The van der Waals surface area contributed by atoms with E-state index in [1.54, 1.807) is 0 Å². The molecule has 1 aliphatic heterocycles. The van der Waals surface area contributed by atoms with Crippen molar-refractivity contribution >= 4 is 0 Å². The summed E-state index contributed by atoms with van der Waals surface area (Å²) >= 11 is 0. The molecular weight excluding hydrogens is 236 g/mol. The minimum atomic E-state index is 0.583. The third kappa shape index (κ3) is 1.55. The first-order chi connectivity index (χ1) is 9.43. The van der Waals surface area contributed by atoms with Crippen LogP contribution in [0.3, 0.4) is 0 Å². The molecule has 0 saturated carbocycles. The van der Waals surface area contributed by atoms with Crippen LogP contribution in [0.1, 0.15) is 5.56 Å². The molecule has 0 unspecified atom stereocenters. The fraction of sp³-hybridized carbons (Fsp3) is 0.0625. The number of benzene rings is 2. The lowest BCUT2D eigenvalue weighted by Gasteiger charge is -2.19. The van der Waals surface area contributed by atoms with Crippen LogP contribution in [0.25, 0.3) is 16.9 Å². The van der Waals surface area contributed by atoms with Crippen LogP contribution in [-0.2, 0) is 6.61 Å².